The van der Waals surface area contributed by atoms with Crippen LogP contribution < -0.4 is 0 Å². The highest BCUT2D eigenvalue weighted by atomic mass is 19.4. The Labute approximate surface area is 154 Å². The van der Waals surface area contributed by atoms with E-state index in [4.69, 9.17) is 14.2 Å². The average molecular weight is 377 g/mol. The van der Waals surface area contributed by atoms with Gasteiger partial charge < -0.3 is 14.2 Å². The van der Waals surface area contributed by atoms with Gasteiger partial charge in [-0.3, -0.25) is 0 Å². The monoisotopic (exact) mass is 377 g/mol. The van der Waals surface area contributed by atoms with Gasteiger partial charge in [-0.2, -0.15) is 13.2 Å². The molecule has 1 aromatic carbocycles. The maximum absolute atomic E-state index is 12.9. The van der Waals surface area contributed by atoms with Crippen molar-refractivity contribution in [3.05, 3.63) is 71.1 Å². The number of ether oxygens (including phenoxy) is 3. The standard InChI is InChI=1S/C20H18F3NO3/c1-12-17-18(27-19(26-17)13-6-3-2-4-7-13)14(11-25-12)10-15-8-5-9-16(24-15)20(21,22)23/h2-10,12,17-19H,11H2,1H3/b14-10+/t12?,17-,18+,19?/m0/s1. The number of hydrogen-bond donors (Lipinski definition) is 0. The molecule has 0 N–H and O–H groups in total. The van der Waals surface area contributed by atoms with Crippen molar-refractivity contribution in [2.24, 2.45) is 0 Å². The number of halogens is 3. The molecule has 2 fully saturated rings. The molecular formula is C20H18F3NO3. The van der Waals surface area contributed by atoms with Gasteiger partial charge in [-0.15, -0.1) is 0 Å². The Balaban J connectivity index is 1.61. The smallest absolute Gasteiger partial charge is 0.371 e. The Morgan fingerprint density at radius 1 is 1.04 bits per heavy atom. The van der Waals surface area contributed by atoms with Crippen molar-refractivity contribution in [3.63, 3.8) is 0 Å². The Morgan fingerprint density at radius 2 is 1.81 bits per heavy atom. The van der Waals surface area contributed by atoms with Crippen LogP contribution >= 0.6 is 0 Å². The van der Waals surface area contributed by atoms with Crippen molar-refractivity contribution in [1.82, 2.24) is 4.98 Å². The summed E-state index contributed by atoms with van der Waals surface area (Å²) in [6.07, 6.45) is -4.34. The van der Waals surface area contributed by atoms with E-state index in [9.17, 15) is 13.2 Å². The van der Waals surface area contributed by atoms with Crippen LogP contribution in [-0.2, 0) is 20.4 Å². The number of benzene rings is 1. The molecule has 2 unspecified atom stereocenters. The minimum Gasteiger partial charge on any atom is -0.371 e. The van der Waals surface area contributed by atoms with Gasteiger partial charge in [0.05, 0.1) is 18.4 Å². The first-order valence-electron chi connectivity index (χ1n) is 8.64. The fourth-order valence-corrected chi connectivity index (χ4v) is 3.29. The molecule has 27 heavy (non-hydrogen) atoms. The number of pyridine rings is 1. The first-order valence-corrected chi connectivity index (χ1v) is 8.64. The number of nitrogens with zero attached hydrogens (tertiary/aromatic N) is 1. The Morgan fingerprint density at radius 3 is 2.56 bits per heavy atom. The van der Waals surface area contributed by atoms with Gasteiger partial charge in [0.1, 0.15) is 17.9 Å². The first kappa shape index (κ1) is 18.2. The van der Waals surface area contributed by atoms with E-state index < -0.39 is 24.3 Å². The molecule has 2 aromatic rings. The minimum atomic E-state index is -4.49. The SMILES string of the molecule is CC1OC/C(=C\c2cccc(C(F)(F)F)n2)[C@H]2OC(c3ccccc3)O[C@@H]12. The Bertz CT molecular complexity index is 838. The Hall–Kier alpha value is -2.22. The lowest BCUT2D eigenvalue weighted by Gasteiger charge is -2.31. The van der Waals surface area contributed by atoms with Crippen molar-refractivity contribution >= 4 is 6.08 Å². The number of rotatable bonds is 2. The molecule has 2 saturated heterocycles. The fourth-order valence-electron chi connectivity index (χ4n) is 3.29. The molecule has 142 valence electrons. The molecule has 4 rings (SSSR count). The maximum Gasteiger partial charge on any atom is 0.433 e. The van der Waals surface area contributed by atoms with E-state index in [1.165, 1.54) is 12.1 Å². The number of fused-ring (bicyclic) bond motifs is 1. The molecule has 0 spiro atoms. The second-order valence-electron chi connectivity index (χ2n) is 6.58. The largest absolute Gasteiger partial charge is 0.433 e. The highest BCUT2D eigenvalue weighted by Gasteiger charge is 2.45. The third kappa shape index (κ3) is 3.76. The average Bonchev–Trinajstić information content (AvgIpc) is 3.11. The van der Waals surface area contributed by atoms with Gasteiger partial charge in [0.15, 0.2) is 6.29 Å². The molecule has 0 radical (unpaired) electrons. The molecule has 4 atom stereocenters. The van der Waals surface area contributed by atoms with Crippen molar-refractivity contribution in [2.45, 2.75) is 37.7 Å². The number of alkyl halides is 3. The summed E-state index contributed by atoms with van der Waals surface area (Å²) in [6, 6.07) is 13.3. The van der Waals surface area contributed by atoms with Crippen LogP contribution in [0.15, 0.2) is 54.1 Å². The van der Waals surface area contributed by atoms with Gasteiger partial charge in [-0.05, 0) is 30.7 Å². The zero-order valence-corrected chi connectivity index (χ0v) is 14.5. The predicted octanol–water partition coefficient (Wildman–Crippen LogP) is 4.39. The highest BCUT2D eigenvalue weighted by Crippen LogP contribution is 2.39. The van der Waals surface area contributed by atoms with Gasteiger partial charge >= 0.3 is 6.18 Å². The van der Waals surface area contributed by atoms with Crippen molar-refractivity contribution in [1.29, 1.82) is 0 Å². The minimum absolute atomic E-state index is 0.185. The lowest BCUT2D eigenvalue weighted by atomic mass is 9.97. The van der Waals surface area contributed by atoms with Crippen LogP contribution in [0.3, 0.4) is 0 Å². The van der Waals surface area contributed by atoms with Gasteiger partial charge in [0, 0.05) is 5.56 Å². The van der Waals surface area contributed by atoms with E-state index >= 15 is 0 Å². The lowest BCUT2D eigenvalue weighted by Crippen LogP contribution is -2.42. The van der Waals surface area contributed by atoms with Crippen LogP contribution in [0, 0.1) is 0 Å². The van der Waals surface area contributed by atoms with Gasteiger partial charge in [-0.25, -0.2) is 4.98 Å². The number of aromatic nitrogens is 1. The van der Waals surface area contributed by atoms with Gasteiger partial charge in [-0.1, -0.05) is 36.4 Å². The molecule has 4 nitrogen and oxygen atoms in total. The number of hydrogen-bond acceptors (Lipinski definition) is 4. The summed E-state index contributed by atoms with van der Waals surface area (Å²) >= 11 is 0. The summed E-state index contributed by atoms with van der Waals surface area (Å²) in [6.45, 7) is 2.15. The molecule has 3 heterocycles. The van der Waals surface area contributed by atoms with Crippen molar-refractivity contribution in [3.8, 4) is 0 Å². The van der Waals surface area contributed by atoms with Gasteiger partial charge in [0.25, 0.3) is 0 Å². The second-order valence-corrected chi connectivity index (χ2v) is 6.58. The van der Waals surface area contributed by atoms with E-state index in [2.05, 4.69) is 4.98 Å². The van der Waals surface area contributed by atoms with Crippen LogP contribution in [-0.4, -0.2) is 29.9 Å². The third-order valence-corrected chi connectivity index (χ3v) is 4.66. The summed E-state index contributed by atoms with van der Waals surface area (Å²) in [4.78, 5) is 3.70. The molecule has 0 saturated carbocycles. The zero-order chi connectivity index (χ0) is 19.0. The quantitative estimate of drug-likeness (QED) is 0.779. The third-order valence-electron chi connectivity index (χ3n) is 4.66. The molecule has 7 heteroatoms. The summed E-state index contributed by atoms with van der Waals surface area (Å²) in [5.74, 6) is 0. The van der Waals surface area contributed by atoms with Crippen LogP contribution in [0.1, 0.15) is 30.2 Å². The van der Waals surface area contributed by atoms with E-state index in [1.807, 2.05) is 37.3 Å². The molecular weight excluding hydrogens is 359 g/mol. The molecule has 2 aliphatic rings. The van der Waals surface area contributed by atoms with E-state index in [1.54, 1.807) is 6.08 Å². The second kappa shape index (κ2) is 7.07. The van der Waals surface area contributed by atoms with Crippen molar-refractivity contribution < 1.29 is 27.4 Å². The molecule has 1 aromatic heterocycles. The normalized spacial score (nSPS) is 29.7. The van der Waals surface area contributed by atoms with Crippen molar-refractivity contribution in [2.75, 3.05) is 6.61 Å². The maximum atomic E-state index is 12.9. The van der Waals surface area contributed by atoms with Crippen LogP contribution in [0.5, 0.6) is 0 Å². The van der Waals surface area contributed by atoms with Crippen LogP contribution in [0.4, 0.5) is 13.2 Å². The van der Waals surface area contributed by atoms with E-state index in [0.717, 1.165) is 11.6 Å². The lowest BCUT2D eigenvalue weighted by molar-refractivity contribution is -0.141. The summed E-state index contributed by atoms with van der Waals surface area (Å²) < 4.78 is 56.5. The summed E-state index contributed by atoms with van der Waals surface area (Å²) in [5.41, 5.74) is 0.881. The molecule has 0 aliphatic carbocycles. The van der Waals surface area contributed by atoms with E-state index in [-0.39, 0.29) is 24.5 Å². The van der Waals surface area contributed by atoms with Crippen LogP contribution in [0.25, 0.3) is 6.08 Å². The topological polar surface area (TPSA) is 40.6 Å². The molecule has 2 aliphatic heterocycles. The predicted molar refractivity (Wildman–Crippen MR) is 91.6 cm³/mol. The Kier molecular flexibility index (Phi) is 4.75. The molecule has 0 amide bonds. The first-order chi connectivity index (χ1) is 12.9. The highest BCUT2D eigenvalue weighted by molar-refractivity contribution is 5.52. The van der Waals surface area contributed by atoms with Crippen LogP contribution in [0.2, 0.25) is 0 Å². The molecule has 0 bridgehead atoms. The zero-order valence-electron chi connectivity index (χ0n) is 14.5. The summed E-state index contributed by atoms with van der Waals surface area (Å²) in [7, 11) is 0. The van der Waals surface area contributed by atoms with E-state index in [0.29, 0.717) is 5.57 Å². The van der Waals surface area contributed by atoms with Gasteiger partial charge in [0.2, 0.25) is 0 Å². The fraction of sp³-hybridized carbons (Fsp3) is 0.350. The summed E-state index contributed by atoms with van der Waals surface area (Å²) in [5, 5.41) is 0.